The summed E-state index contributed by atoms with van der Waals surface area (Å²) in [6.07, 6.45) is 8.78. The van der Waals surface area contributed by atoms with Gasteiger partial charge in [-0.2, -0.15) is 0 Å². The molecule has 0 aliphatic carbocycles. The lowest BCUT2D eigenvalue weighted by molar-refractivity contribution is 0.463. The topological polar surface area (TPSA) is 31.4 Å². The van der Waals surface area contributed by atoms with E-state index in [2.05, 4.69) is 83.8 Å². The highest BCUT2D eigenvalue weighted by molar-refractivity contribution is 5.90. The summed E-state index contributed by atoms with van der Waals surface area (Å²) in [6.45, 7) is 2.20. The number of aromatic nitrogens is 1. The lowest BCUT2D eigenvalue weighted by Gasteiger charge is -2.35. The van der Waals surface area contributed by atoms with Crippen LogP contribution in [-0.2, 0) is 0 Å². The fourth-order valence-corrected chi connectivity index (χ4v) is 4.10. The van der Waals surface area contributed by atoms with Crippen LogP contribution in [0.2, 0.25) is 0 Å². The Balaban J connectivity index is 1.71. The Hall–Kier alpha value is -2.81. The third-order valence-electron chi connectivity index (χ3n) is 5.35. The molecule has 3 aromatic rings. The minimum atomic E-state index is 0.168. The molecule has 2 aromatic carbocycles. The molecule has 0 fully saturated rings. The molecule has 0 spiro atoms. The van der Waals surface area contributed by atoms with E-state index < -0.39 is 0 Å². The molecule has 2 aliphatic rings. The molecule has 0 saturated carbocycles. The zero-order valence-electron chi connectivity index (χ0n) is 14.3. The molecule has 3 heterocycles. The Morgan fingerprint density at radius 1 is 1.04 bits per heavy atom. The third kappa shape index (κ3) is 2.30. The highest BCUT2D eigenvalue weighted by Gasteiger charge is 2.31. The van der Waals surface area contributed by atoms with Gasteiger partial charge in [-0.25, -0.2) is 0 Å². The van der Waals surface area contributed by atoms with Crippen molar-refractivity contribution in [1.29, 1.82) is 0 Å². The summed E-state index contributed by atoms with van der Waals surface area (Å²) in [5, 5.41) is 1.29. The van der Waals surface area contributed by atoms with E-state index in [0.717, 1.165) is 12.8 Å². The van der Waals surface area contributed by atoms with Gasteiger partial charge in [-0.05, 0) is 36.6 Å². The molecule has 0 amide bonds. The molecule has 0 radical (unpaired) electrons. The first-order valence-corrected chi connectivity index (χ1v) is 8.99. The van der Waals surface area contributed by atoms with E-state index in [1.807, 2.05) is 0 Å². The van der Waals surface area contributed by atoms with Crippen LogP contribution in [0.15, 0.2) is 65.9 Å². The average Bonchev–Trinajstić information content (AvgIpc) is 3.27. The largest absolute Gasteiger partial charge is 0.361 e. The van der Waals surface area contributed by atoms with Crippen molar-refractivity contribution >= 4 is 22.8 Å². The minimum absolute atomic E-state index is 0.168. The van der Waals surface area contributed by atoms with Crippen LogP contribution in [0.1, 0.15) is 42.5 Å². The van der Waals surface area contributed by atoms with E-state index in [1.165, 1.54) is 33.4 Å². The Labute approximate surface area is 147 Å². The quantitative estimate of drug-likeness (QED) is 0.660. The fraction of sp³-hybridized carbons (Fsp3) is 0.227. The molecule has 124 valence electrons. The number of rotatable bonds is 1. The summed E-state index contributed by atoms with van der Waals surface area (Å²) < 4.78 is 0. The van der Waals surface area contributed by atoms with Crippen LogP contribution >= 0.6 is 0 Å². The molecule has 0 bridgehead atoms. The predicted molar refractivity (Wildman–Crippen MR) is 104 cm³/mol. The summed E-state index contributed by atoms with van der Waals surface area (Å²) in [4.78, 5) is 10.7. The number of fused-ring (bicyclic) bond motifs is 2. The number of H-pyrrole nitrogens is 1. The number of aliphatic imine (C=N–C) groups is 1. The molecule has 1 N–H and O–H groups in total. The third-order valence-corrected chi connectivity index (χ3v) is 5.35. The zero-order valence-corrected chi connectivity index (χ0v) is 14.3. The SMILES string of the molecule is CC1CCC(N2C=Cc3ccccc3C2c2c[nH]c3ccccc23)=N1. The van der Waals surface area contributed by atoms with Gasteiger partial charge < -0.3 is 9.88 Å². The number of amidine groups is 1. The van der Waals surface area contributed by atoms with Gasteiger partial charge in [0.25, 0.3) is 0 Å². The Bertz CT molecular complexity index is 995. The first-order chi connectivity index (χ1) is 12.3. The van der Waals surface area contributed by atoms with Crippen molar-refractivity contribution < 1.29 is 0 Å². The second-order valence-corrected chi connectivity index (χ2v) is 6.98. The van der Waals surface area contributed by atoms with Gasteiger partial charge in [-0.1, -0.05) is 42.5 Å². The predicted octanol–water partition coefficient (Wildman–Crippen LogP) is 5.12. The zero-order chi connectivity index (χ0) is 16.8. The van der Waals surface area contributed by atoms with E-state index in [9.17, 15) is 0 Å². The van der Waals surface area contributed by atoms with Crippen LogP contribution in [-0.4, -0.2) is 21.8 Å². The fourth-order valence-electron chi connectivity index (χ4n) is 4.10. The van der Waals surface area contributed by atoms with E-state index in [4.69, 9.17) is 4.99 Å². The minimum Gasteiger partial charge on any atom is -0.361 e. The van der Waals surface area contributed by atoms with Gasteiger partial charge in [0.05, 0.1) is 6.04 Å². The summed E-state index contributed by atoms with van der Waals surface area (Å²) >= 11 is 0. The van der Waals surface area contributed by atoms with E-state index >= 15 is 0 Å². The first-order valence-electron chi connectivity index (χ1n) is 8.99. The van der Waals surface area contributed by atoms with E-state index in [1.54, 1.807) is 0 Å². The van der Waals surface area contributed by atoms with Crippen molar-refractivity contribution in [3.8, 4) is 0 Å². The van der Waals surface area contributed by atoms with Crippen LogP contribution in [0.4, 0.5) is 0 Å². The number of hydrogen-bond donors (Lipinski definition) is 1. The monoisotopic (exact) mass is 327 g/mol. The van der Waals surface area contributed by atoms with Crippen molar-refractivity contribution in [2.45, 2.75) is 31.8 Å². The van der Waals surface area contributed by atoms with Gasteiger partial charge >= 0.3 is 0 Å². The number of para-hydroxylation sites is 1. The number of aromatic amines is 1. The number of hydrogen-bond acceptors (Lipinski definition) is 2. The molecule has 3 nitrogen and oxygen atoms in total. The molecule has 2 atom stereocenters. The molecular weight excluding hydrogens is 306 g/mol. The standard InChI is InChI=1S/C22H21N3/c1-15-10-11-21(24-15)25-13-12-16-6-2-3-7-17(16)22(25)19-14-23-20-9-5-4-8-18(19)20/h2-9,12-15,22-23H,10-11H2,1H3. The molecule has 2 unspecified atom stereocenters. The van der Waals surface area contributed by atoms with Gasteiger partial charge in [0.1, 0.15) is 5.84 Å². The first kappa shape index (κ1) is 14.5. The summed E-state index contributed by atoms with van der Waals surface area (Å²) in [7, 11) is 0. The second-order valence-electron chi connectivity index (χ2n) is 6.98. The Kier molecular flexibility index (Phi) is 3.27. The summed E-state index contributed by atoms with van der Waals surface area (Å²) in [5.41, 5.74) is 5.14. The van der Waals surface area contributed by atoms with Crippen LogP contribution in [0.25, 0.3) is 17.0 Å². The van der Waals surface area contributed by atoms with Gasteiger partial charge in [0.2, 0.25) is 0 Å². The van der Waals surface area contributed by atoms with Gasteiger partial charge in [-0.15, -0.1) is 0 Å². The highest BCUT2D eigenvalue weighted by atomic mass is 15.2. The Morgan fingerprint density at radius 2 is 1.88 bits per heavy atom. The van der Waals surface area contributed by atoms with E-state index in [0.29, 0.717) is 6.04 Å². The van der Waals surface area contributed by atoms with Gasteiger partial charge in [0, 0.05) is 41.3 Å². The maximum atomic E-state index is 4.91. The van der Waals surface area contributed by atoms with Gasteiger partial charge in [-0.3, -0.25) is 4.99 Å². The number of nitrogens with zero attached hydrogens (tertiary/aromatic N) is 2. The molecule has 1 aromatic heterocycles. The van der Waals surface area contributed by atoms with Crippen molar-refractivity contribution in [2.75, 3.05) is 0 Å². The van der Waals surface area contributed by atoms with Gasteiger partial charge in [0.15, 0.2) is 0 Å². The van der Waals surface area contributed by atoms with Crippen molar-refractivity contribution in [1.82, 2.24) is 9.88 Å². The second kappa shape index (κ2) is 5.62. The normalized spacial score (nSPS) is 22.3. The lowest BCUT2D eigenvalue weighted by atomic mass is 9.90. The van der Waals surface area contributed by atoms with Crippen molar-refractivity contribution in [2.24, 2.45) is 4.99 Å². The maximum Gasteiger partial charge on any atom is 0.104 e. The smallest absolute Gasteiger partial charge is 0.104 e. The molecule has 5 rings (SSSR count). The Morgan fingerprint density at radius 3 is 2.76 bits per heavy atom. The van der Waals surface area contributed by atoms with Crippen LogP contribution in [0.3, 0.4) is 0 Å². The number of benzene rings is 2. The van der Waals surface area contributed by atoms with Crippen molar-refractivity contribution in [3.63, 3.8) is 0 Å². The maximum absolute atomic E-state index is 4.91. The molecule has 2 aliphatic heterocycles. The van der Waals surface area contributed by atoms with E-state index in [-0.39, 0.29) is 6.04 Å². The van der Waals surface area contributed by atoms with Crippen LogP contribution < -0.4 is 0 Å². The molecule has 25 heavy (non-hydrogen) atoms. The number of nitrogens with one attached hydrogen (secondary N) is 1. The highest BCUT2D eigenvalue weighted by Crippen LogP contribution is 2.40. The van der Waals surface area contributed by atoms with Crippen LogP contribution in [0, 0.1) is 0 Å². The van der Waals surface area contributed by atoms with Crippen molar-refractivity contribution in [3.05, 3.63) is 77.6 Å². The summed E-state index contributed by atoms with van der Waals surface area (Å²) in [5.74, 6) is 1.20. The summed E-state index contributed by atoms with van der Waals surface area (Å²) in [6, 6.07) is 17.8. The van der Waals surface area contributed by atoms with Crippen LogP contribution in [0.5, 0.6) is 0 Å². The molecule has 0 saturated heterocycles. The lowest BCUT2D eigenvalue weighted by Crippen LogP contribution is -2.32. The molecule has 3 heteroatoms. The molecular formula is C22H21N3. The average molecular weight is 327 g/mol.